The maximum atomic E-state index is 13.1. The topological polar surface area (TPSA) is 65.5 Å². The van der Waals surface area contributed by atoms with E-state index in [1.165, 1.54) is 17.5 Å². The summed E-state index contributed by atoms with van der Waals surface area (Å²) < 4.78 is 0. The normalized spacial score (nSPS) is 22.7. The fourth-order valence-electron chi connectivity index (χ4n) is 5.11. The molecule has 2 amide bonds. The average Bonchev–Trinajstić information content (AvgIpc) is 2.89. The lowest BCUT2D eigenvalue weighted by Gasteiger charge is -2.43. The molecule has 6 nitrogen and oxygen atoms in total. The van der Waals surface area contributed by atoms with Gasteiger partial charge in [0.2, 0.25) is 11.8 Å². The summed E-state index contributed by atoms with van der Waals surface area (Å²) >= 11 is 0. The lowest BCUT2D eigenvalue weighted by Crippen LogP contribution is -2.57. The van der Waals surface area contributed by atoms with E-state index < -0.39 is 0 Å². The molecular formula is C27H36N4O2. The minimum absolute atomic E-state index is 0.0330. The number of amides is 2. The highest BCUT2D eigenvalue weighted by Crippen LogP contribution is 2.26. The maximum Gasteiger partial charge on any atom is 0.224 e. The van der Waals surface area contributed by atoms with Gasteiger partial charge in [-0.2, -0.15) is 0 Å². The van der Waals surface area contributed by atoms with Crippen molar-refractivity contribution in [1.29, 1.82) is 0 Å². The molecule has 2 unspecified atom stereocenters. The number of rotatable bonds is 5. The molecule has 2 saturated heterocycles. The molecule has 6 heteroatoms. The van der Waals surface area contributed by atoms with Crippen LogP contribution in [0.4, 0.5) is 0 Å². The third kappa shape index (κ3) is 6.64. The molecule has 33 heavy (non-hydrogen) atoms. The minimum Gasteiger partial charge on any atom is -0.356 e. The van der Waals surface area contributed by atoms with Gasteiger partial charge in [-0.05, 0) is 55.5 Å². The first-order valence-electron chi connectivity index (χ1n) is 12.4. The second-order valence-corrected chi connectivity index (χ2v) is 9.32. The number of carbonyl (C=O) groups is 2. The number of fused-ring (bicyclic) bond motifs is 1. The van der Waals surface area contributed by atoms with Crippen LogP contribution in [0.2, 0.25) is 0 Å². The number of pyridine rings is 1. The molecule has 2 aromatic rings. The molecule has 2 aliphatic rings. The second-order valence-electron chi connectivity index (χ2n) is 9.32. The molecule has 2 aliphatic heterocycles. The molecule has 2 fully saturated rings. The van der Waals surface area contributed by atoms with E-state index in [4.69, 9.17) is 0 Å². The van der Waals surface area contributed by atoms with Gasteiger partial charge in [0.05, 0.1) is 5.92 Å². The smallest absolute Gasteiger partial charge is 0.224 e. The standard InChI is InChI=1S/C27H36N4O2/c32-26(11-10-22-8-4-3-5-9-22)31-19-14-24-25(21-31)30(20-23-12-16-28-17-13-23)18-7-2-1-6-15-29-27(24)33/h3-5,8-9,12-13,16-17,24-25H,1-2,6-7,10-11,14-15,18-21H2,(H,29,33). The summed E-state index contributed by atoms with van der Waals surface area (Å²) in [5, 5.41) is 3.18. The van der Waals surface area contributed by atoms with Crippen LogP contribution in [-0.2, 0) is 22.6 Å². The Bertz CT molecular complexity index is 890. The number of hydrogen-bond acceptors (Lipinski definition) is 4. The zero-order valence-electron chi connectivity index (χ0n) is 19.5. The molecule has 0 spiro atoms. The summed E-state index contributed by atoms with van der Waals surface area (Å²) in [5.74, 6) is 0.261. The van der Waals surface area contributed by atoms with Crippen molar-refractivity contribution in [2.24, 2.45) is 5.92 Å². The van der Waals surface area contributed by atoms with Crippen molar-refractivity contribution >= 4 is 11.8 Å². The van der Waals surface area contributed by atoms with E-state index in [-0.39, 0.29) is 23.8 Å². The molecule has 0 radical (unpaired) electrons. The Hall–Kier alpha value is -2.73. The van der Waals surface area contributed by atoms with Crippen LogP contribution in [0.1, 0.15) is 49.7 Å². The van der Waals surface area contributed by atoms with E-state index in [1.807, 2.05) is 47.6 Å². The molecule has 1 aromatic carbocycles. The number of nitrogens with one attached hydrogen (secondary N) is 1. The van der Waals surface area contributed by atoms with Crippen LogP contribution in [0.5, 0.6) is 0 Å². The van der Waals surface area contributed by atoms with Crippen molar-refractivity contribution in [2.75, 3.05) is 26.2 Å². The van der Waals surface area contributed by atoms with Gasteiger partial charge in [-0.15, -0.1) is 0 Å². The van der Waals surface area contributed by atoms with E-state index in [1.54, 1.807) is 0 Å². The van der Waals surface area contributed by atoms with Crippen molar-refractivity contribution < 1.29 is 9.59 Å². The van der Waals surface area contributed by atoms with Crippen LogP contribution in [0, 0.1) is 5.92 Å². The van der Waals surface area contributed by atoms with Crippen LogP contribution in [0.15, 0.2) is 54.9 Å². The minimum atomic E-state index is -0.0805. The lowest BCUT2D eigenvalue weighted by molar-refractivity contribution is -0.139. The lowest BCUT2D eigenvalue weighted by atomic mass is 9.88. The summed E-state index contributed by atoms with van der Waals surface area (Å²) in [5.41, 5.74) is 2.39. The van der Waals surface area contributed by atoms with E-state index in [2.05, 4.69) is 27.3 Å². The quantitative estimate of drug-likeness (QED) is 0.761. The monoisotopic (exact) mass is 448 g/mol. The number of carbonyl (C=O) groups excluding carboxylic acids is 2. The predicted molar refractivity (Wildman–Crippen MR) is 129 cm³/mol. The zero-order chi connectivity index (χ0) is 22.9. The molecule has 2 atom stereocenters. The largest absolute Gasteiger partial charge is 0.356 e. The number of aryl methyl sites for hydroxylation is 1. The first kappa shape index (κ1) is 23.4. The molecule has 3 heterocycles. The Morgan fingerprint density at radius 3 is 2.58 bits per heavy atom. The predicted octanol–water partition coefficient (Wildman–Crippen LogP) is 3.42. The van der Waals surface area contributed by atoms with E-state index >= 15 is 0 Å². The molecule has 0 aliphatic carbocycles. The summed E-state index contributed by atoms with van der Waals surface area (Å²) in [6.45, 7) is 3.76. The van der Waals surface area contributed by atoms with E-state index in [0.29, 0.717) is 19.5 Å². The molecule has 1 aromatic heterocycles. The summed E-state index contributed by atoms with van der Waals surface area (Å²) in [4.78, 5) is 34.8. The van der Waals surface area contributed by atoms with E-state index in [0.717, 1.165) is 51.7 Å². The van der Waals surface area contributed by atoms with Crippen molar-refractivity contribution in [2.45, 2.75) is 57.5 Å². The highest BCUT2D eigenvalue weighted by molar-refractivity contribution is 5.81. The highest BCUT2D eigenvalue weighted by Gasteiger charge is 2.38. The molecule has 0 bridgehead atoms. The van der Waals surface area contributed by atoms with Crippen LogP contribution in [0.3, 0.4) is 0 Å². The first-order chi connectivity index (χ1) is 16.2. The van der Waals surface area contributed by atoms with Crippen molar-refractivity contribution in [1.82, 2.24) is 20.1 Å². The van der Waals surface area contributed by atoms with Gasteiger partial charge in [-0.25, -0.2) is 0 Å². The molecule has 0 saturated carbocycles. The number of benzene rings is 1. The van der Waals surface area contributed by atoms with Crippen molar-refractivity contribution in [3.63, 3.8) is 0 Å². The maximum absolute atomic E-state index is 13.1. The fraction of sp³-hybridized carbons (Fsp3) is 0.519. The highest BCUT2D eigenvalue weighted by atomic mass is 16.2. The fourth-order valence-corrected chi connectivity index (χ4v) is 5.11. The Labute approximate surface area is 197 Å². The van der Waals surface area contributed by atoms with Crippen LogP contribution in [-0.4, -0.2) is 58.8 Å². The van der Waals surface area contributed by atoms with Gasteiger partial charge < -0.3 is 10.2 Å². The third-order valence-electron chi connectivity index (χ3n) is 7.02. The van der Waals surface area contributed by atoms with Crippen LogP contribution >= 0.6 is 0 Å². The van der Waals surface area contributed by atoms with Crippen LogP contribution in [0.25, 0.3) is 0 Å². The Balaban J connectivity index is 1.49. The van der Waals surface area contributed by atoms with Gasteiger partial charge in [0.25, 0.3) is 0 Å². The van der Waals surface area contributed by atoms with Gasteiger partial charge in [-0.3, -0.25) is 19.5 Å². The average molecular weight is 449 g/mol. The number of aromatic nitrogens is 1. The molecule has 4 rings (SSSR count). The van der Waals surface area contributed by atoms with Gasteiger partial charge in [-0.1, -0.05) is 43.2 Å². The summed E-state index contributed by atoms with van der Waals surface area (Å²) in [7, 11) is 0. The Morgan fingerprint density at radius 2 is 1.76 bits per heavy atom. The van der Waals surface area contributed by atoms with Crippen molar-refractivity contribution in [3.8, 4) is 0 Å². The third-order valence-corrected chi connectivity index (χ3v) is 7.02. The number of nitrogens with zero attached hydrogens (tertiary/aromatic N) is 3. The van der Waals surface area contributed by atoms with E-state index in [9.17, 15) is 9.59 Å². The molecule has 176 valence electrons. The number of hydrogen-bond donors (Lipinski definition) is 1. The Kier molecular flexibility index (Phi) is 8.47. The SMILES string of the molecule is O=C1NCCCCCCN(Cc2ccncc2)C2CN(C(=O)CCc3ccccc3)CCC12. The van der Waals surface area contributed by atoms with Crippen LogP contribution < -0.4 is 5.32 Å². The molecular weight excluding hydrogens is 412 g/mol. The van der Waals surface area contributed by atoms with Gasteiger partial charge in [0.15, 0.2) is 0 Å². The van der Waals surface area contributed by atoms with Crippen molar-refractivity contribution in [3.05, 3.63) is 66.0 Å². The van der Waals surface area contributed by atoms with Gasteiger partial charge in [0.1, 0.15) is 0 Å². The second kappa shape index (κ2) is 11.9. The number of likely N-dealkylation sites (tertiary alicyclic amines) is 1. The first-order valence-corrected chi connectivity index (χ1v) is 12.4. The zero-order valence-corrected chi connectivity index (χ0v) is 19.5. The van der Waals surface area contributed by atoms with Gasteiger partial charge >= 0.3 is 0 Å². The Morgan fingerprint density at radius 1 is 0.970 bits per heavy atom. The summed E-state index contributed by atoms with van der Waals surface area (Å²) in [6, 6.07) is 14.3. The number of piperidine rings is 1. The molecule has 1 N–H and O–H groups in total. The van der Waals surface area contributed by atoms with Gasteiger partial charge in [0, 0.05) is 51.0 Å². The summed E-state index contributed by atoms with van der Waals surface area (Å²) in [6.07, 6.45) is 10.1.